The zero-order chi connectivity index (χ0) is 20.5. The van der Waals surface area contributed by atoms with E-state index in [0.717, 1.165) is 61.3 Å². The van der Waals surface area contributed by atoms with Crippen molar-refractivity contribution in [2.24, 2.45) is 4.99 Å². The molecule has 0 saturated carbocycles. The third kappa shape index (κ3) is 7.14. The second-order valence-electron chi connectivity index (χ2n) is 7.67. The molecule has 1 aromatic carbocycles. The van der Waals surface area contributed by atoms with Gasteiger partial charge in [-0.2, -0.15) is 0 Å². The molecule has 0 fully saturated rings. The van der Waals surface area contributed by atoms with Crippen molar-refractivity contribution in [3.63, 3.8) is 0 Å². The lowest BCUT2D eigenvalue weighted by atomic mass is 10.2. The van der Waals surface area contributed by atoms with E-state index in [1.807, 2.05) is 18.2 Å². The normalized spacial score (nSPS) is 14.8. The van der Waals surface area contributed by atoms with Gasteiger partial charge >= 0.3 is 0 Å². The number of fused-ring (bicyclic) bond motifs is 1. The Morgan fingerprint density at radius 3 is 2.83 bits per heavy atom. The highest BCUT2D eigenvalue weighted by molar-refractivity contribution is 14.0. The third-order valence-corrected chi connectivity index (χ3v) is 5.26. The largest absolute Gasteiger partial charge is 0.489 e. The maximum Gasteiger partial charge on any atom is 0.191 e. The van der Waals surface area contributed by atoms with Crippen molar-refractivity contribution in [1.82, 2.24) is 25.4 Å². The molecule has 7 nitrogen and oxygen atoms in total. The van der Waals surface area contributed by atoms with Crippen LogP contribution in [-0.2, 0) is 19.4 Å². The van der Waals surface area contributed by atoms with Gasteiger partial charge in [0.1, 0.15) is 23.5 Å². The van der Waals surface area contributed by atoms with Gasteiger partial charge in [-0.05, 0) is 44.7 Å². The lowest BCUT2D eigenvalue weighted by Gasteiger charge is -2.18. The molecule has 0 spiro atoms. The topological polar surface area (TPSA) is 76.4 Å². The van der Waals surface area contributed by atoms with E-state index in [1.54, 1.807) is 7.05 Å². The molecule has 0 saturated heterocycles. The number of hydrogen-bond acceptors (Lipinski definition) is 4. The number of nitrogens with one attached hydrogen (secondary N) is 2. The molecule has 3 rings (SSSR count). The average Bonchev–Trinajstić information content (AvgIpc) is 2.95. The number of aryl methyl sites for hydroxylation is 3. The fourth-order valence-electron chi connectivity index (χ4n) is 3.59. The lowest BCUT2D eigenvalue weighted by molar-refractivity contribution is 0.222. The number of aliphatic imine (C=N–C) groups is 1. The number of benzene rings is 1. The van der Waals surface area contributed by atoms with Gasteiger partial charge in [0.2, 0.25) is 0 Å². The molecule has 1 aliphatic heterocycles. The average molecular weight is 526 g/mol. The molecule has 0 radical (unpaired) electrons. The Balaban J connectivity index is 0.00000320. The molecule has 1 unspecified atom stereocenters. The van der Waals surface area contributed by atoms with Gasteiger partial charge in [-0.25, -0.2) is 0 Å². The van der Waals surface area contributed by atoms with Crippen LogP contribution in [-0.4, -0.2) is 47.0 Å². The van der Waals surface area contributed by atoms with E-state index < -0.39 is 0 Å². The van der Waals surface area contributed by atoms with Gasteiger partial charge in [0.15, 0.2) is 5.96 Å². The monoisotopic (exact) mass is 526 g/mol. The van der Waals surface area contributed by atoms with Crippen LogP contribution in [0.4, 0.5) is 0 Å². The molecule has 8 heteroatoms. The van der Waals surface area contributed by atoms with Crippen LogP contribution in [0.5, 0.6) is 5.75 Å². The molecule has 166 valence electrons. The summed E-state index contributed by atoms with van der Waals surface area (Å²) in [4.78, 5) is 4.31. The van der Waals surface area contributed by atoms with E-state index in [0.29, 0.717) is 6.54 Å². The Bertz CT molecular complexity index is 807. The zero-order valence-corrected chi connectivity index (χ0v) is 20.7. The summed E-state index contributed by atoms with van der Waals surface area (Å²) < 4.78 is 8.34. The molecule has 2 N–H and O–H groups in total. The van der Waals surface area contributed by atoms with Gasteiger partial charge in [0, 0.05) is 33.0 Å². The molecule has 2 heterocycles. The molecular formula is C22H35IN6O. The van der Waals surface area contributed by atoms with Gasteiger partial charge < -0.3 is 19.9 Å². The summed E-state index contributed by atoms with van der Waals surface area (Å²) in [6.07, 6.45) is 6.78. The number of para-hydroxylation sites is 1. The molecule has 0 amide bonds. The SMILES string of the molecule is CN=C(NCCCc1nnc2n1CCCCC2)NCC(C)Oc1ccccc1C.I. The van der Waals surface area contributed by atoms with E-state index in [2.05, 4.69) is 50.3 Å². The predicted molar refractivity (Wildman–Crippen MR) is 132 cm³/mol. The van der Waals surface area contributed by atoms with Gasteiger partial charge in [-0.15, -0.1) is 34.2 Å². The van der Waals surface area contributed by atoms with Crippen LogP contribution in [0, 0.1) is 6.92 Å². The van der Waals surface area contributed by atoms with Gasteiger partial charge in [0.25, 0.3) is 0 Å². The van der Waals surface area contributed by atoms with E-state index in [-0.39, 0.29) is 30.1 Å². The second kappa shape index (κ2) is 12.8. The summed E-state index contributed by atoms with van der Waals surface area (Å²) in [7, 11) is 1.79. The fraction of sp³-hybridized carbons (Fsp3) is 0.591. The van der Waals surface area contributed by atoms with E-state index in [9.17, 15) is 0 Å². The molecule has 1 aromatic heterocycles. The van der Waals surface area contributed by atoms with Gasteiger partial charge in [-0.1, -0.05) is 24.6 Å². The standard InChI is InChI=1S/C22H34N6O.HI/c1-17-10-6-7-11-19(17)29-18(2)16-25-22(23-3)24-14-9-13-21-27-26-20-12-5-4-8-15-28(20)21;/h6-7,10-11,18H,4-5,8-9,12-16H2,1-3H3,(H2,23,24,25);1H. The Kier molecular flexibility index (Phi) is 10.4. The van der Waals surface area contributed by atoms with E-state index in [1.165, 1.54) is 19.3 Å². The minimum Gasteiger partial charge on any atom is -0.489 e. The molecule has 30 heavy (non-hydrogen) atoms. The molecular weight excluding hydrogens is 491 g/mol. The van der Waals surface area contributed by atoms with Crippen LogP contribution in [0.2, 0.25) is 0 Å². The lowest BCUT2D eigenvalue weighted by Crippen LogP contribution is -2.42. The van der Waals surface area contributed by atoms with Crippen LogP contribution < -0.4 is 15.4 Å². The van der Waals surface area contributed by atoms with Crippen LogP contribution in [0.15, 0.2) is 29.3 Å². The van der Waals surface area contributed by atoms with Crippen LogP contribution in [0.25, 0.3) is 0 Å². The van der Waals surface area contributed by atoms with Crippen molar-refractivity contribution in [3.05, 3.63) is 41.5 Å². The van der Waals surface area contributed by atoms with Crippen LogP contribution >= 0.6 is 24.0 Å². The quantitative estimate of drug-likeness (QED) is 0.239. The zero-order valence-electron chi connectivity index (χ0n) is 18.4. The Morgan fingerprint density at radius 2 is 2.03 bits per heavy atom. The first-order chi connectivity index (χ1) is 14.2. The summed E-state index contributed by atoms with van der Waals surface area (Å²) in [5.74, 6) is 4.00. The maximum absolute atomic E-state index is 6.01. The van der Waals surface area contributed by atoms with Crippen LogP contribution in [0.3, 0.4) is 0 Å². The molecule has 0 bridgehead atoms. The van der Waals surface area contributed by atoms with E-state index >= 15 is 0 Å². The minimum absolute atomic E-state index is 0. The number of aromatic nitrogens is 3. The minimum atomic E-state index is 0. The fourth-order valence-corrected chi connectivity index (χ4v) is 3.59. The van der Waals surface area contributed by atoms with Crippen molar-refractivity contribution in [1.29, 1.82) is 0 Å². The van der Waals surface area contributed by atoms with Crippen molar-refractivity contribution in [3.8, 4) is 5.75 Å². The second-order valence-corrected chi connectivity index (χ2v) is 7.67. The first-order valence-corrected chi connectivity index (χ1v) is 10.7. The Labute approximate surface area is 197 Å². The number of guanidine groups is 1. The summed E-state index contributed by atoms with van der Waals surface area (Å²) in [6, 6.07) is 8.08. The number of rotatable bonds is 8. The van der Waals surface area contributed by atoms with Gasteiger partial charge in [-0.3, -0.25) is 4.99 Å². The summed E-state index contributed by atoms with van der Waals surface area (Å²) >= 11 is 0. The van der Waals surface area contributed by atoms with E-state index in [4.69, 9.17) is 4.74 Å². The maximum atomic E-state index is 6.01. The summed E-state index contributed by atoms with van der Waals surface area (Å²) in [5.41, 5.74) is 1.15. The summed E-state index contributed by atoms with van der Waals surface area (Å²) in [6.45, 7) is 6.71. The van der Waals surface area contributed by atoms with Crippen molar-refractivity contribution in [2.75, 3.05) is 20.1 Å². The van der Waals surface area contributed by atoms with Crippen molar-refractivity contribution in [2.45, 2.75) is 65.0 Å². The first-order valence-electron chi connectivity index (χ1n) is 10.7. The molecule has 2 aromatic rings. The number of hydrogen-bond donors (Lipinski definition) is 2. The number of ether oxygens (including phenoxy) is 1. The third-order valence-electron chi connectivity index (χ3n) is 5.26. The number of nitrogens with zero attached hydrogens (tertiary/aromatic N) is 4. The highest BCUT2D eigenvalue weighted by atomic mass is 127. The predicted octanol–water partition coefficient (Wildman–Crippen LogP) is 3.50. The highest BCUT2D eigenvalue weighted by Gasteiger charge is 2.14. The Hall–Kier alpha value is -1.84. The number of halogens is 1. The van der Waals surface area contributed by atoms with Crippen molar-refractivity contribution >= 4 is 29.9 Å². The highest BCUT2D eigenvalue weighted by Crippen LogP contribution is 2.17. The first kappa shape index (κ1) is 24.4. The Morgan fingerprint density at radius 1 is 1.20 bits per heavy atom. The smallest absolute Gasteiger partial charge is 0.191 e. The van der Waals surface area contributed by atoms with Crippen LogP contribution in [0.1, 0.15) is 49.8 Å². The van der Waals surface area contributed by atoms with Gasteiger partial charge in [0.05, 0.1) is 6.54 Å². The molecule has 0 aliphatic carbocycles. The van der Waals surface area contributed by atoms with Crippen molar-refractivity contribution < 1.29 is 4.74 Å². The molecule has 1 atom stereocenters. The molecule has 1 aliphatic rings. The summed E-state index contributed by atoms with van der Waals surface area (Å²) in [5, 5.41) is 15.5.